The fourth-order valence-electron chi connectivity index (χ4n) is 2.88. The highest BCUT2D eigenvalue weighted by atomic mass is 32.2. The number of nitrogens with zero attached hydrogens (tertiary/aromatic N) is 1. The zero-order chi connectivity index (χ0) is 17.9. The fourth-order valence-corrected chi connectivity index (χ4v) is 6.06. The van der Waals surface area contributed by atoms with Crippen molar-refractivity contribution >= 4 is 44.7 Å². The Bertz CT molecular complexity index is 817. The lowest BCUT2D eigenvalue weighted by Crippen LogP contribution is -2.49. The molecule has 0 aliphatic carbocycles. The van der Waals surface area contributed by atoms with E-state index >= 15 is 0 Å². The molecule has 2 aromatic rings. The van der Waals surface area contributed by atoms with Gasteiger partial charge in [-0.1, -0.05) is 12.5 Å². The number of carbonyl (C=O) groups is 1. The molecule has 1 unspecified atom stereocenters. The van der Waals surface area contributed by atoms with Crippen LogP contribution < -0.4 is 5.32 Å². The number of thiophene rings is 1. The van der Waals surface area contributed by atoms with Gasteiger partial charge in [-0.2, -0.15) is 4.31 Å². The predicted octanol–water partition coefficient (Wildman–Crippen LogP) is 3.65. The van der Waals surface area contributed by atoms with Crippen LogP contribution in [0.15, 0.2) is 50.9 Å². The average molecular weight is 397 g/mol. The van der Waals surface area contributed by atoms with Crippen LogP contribution in [0.5, 0.6) is 0 Å². The lowest BCUT2D eigenvalue weighted by atomic mass is 10.0. The lowest BCUT2D eigenvalue weighted by molar-refractivity contribution is -0.120. The molecule has 1 amide bonds. The molecule has 1 fully saturated rings. The van der Waals surface area contributed by atoms with Crippen LogP contribution in [0.2, 0.25) is 0 Å². The van der Waals surface area contributed by atoms with E-state index in [9.17, 15) is 13.2 Å². The van der Waals surface area contributed by atoms with Crippen LogP contribution in [-0.2, 0) is 14.8 Å². The Labute approximate surface area is 156 Å². The molecule has 1 aliphatic heterocycles. The van der Waals surface area contributed by atoms with E-state index in [1.165, 1.54) is 15.6 Å². The van der Waals surface area contributed by atoms with Crippen molar-refractivity contribution in [2.24, 2.45) is 0 Å². The van der Waals surface area contributed by atoms with Gasteiger partial charge in [0.1, 0.15) is 10.3 Å². The first kappa shape index (κ1) is 18.4. The second-order valence-corrected chi connectivity index (χ2v) is 9.72. The maximum absolute atomic E-state index is 12.9. The van der Waals surface area contributed by atoms with Crippen molar-refractivity contribution in [2.45, 2.75) is 34.4 Å². The number of hydrogen-bond donors (Lipinski definition) is 1. The largest absolute Gasteiger partial charge is 0.325 e. The fraction of sp³-hybridized carbons (Fsp3) is 0.353. The van der Waals surface area contributed by atoms with E-state index in [0.29, 0.717) is 18.7 Å². The van der Waals surface area contributed by atoms with Gasteiger partial charge in [-0.05, 0) is 54.8 Å². The van der Waals surface area contributed by atoms with E-state index in [1.54, 1.807) is 29.3 Å². The molecule has 1 N–H and O–H groups in total. The third-order valence-corrected chi connectivity index (χ3v) is 8.20. The number of carbonyl (C=O) groups excluding carboxylic acids is 1. The number of sulfonamides is 1. The zero-order valence-electron chi connectivity index (χ0n) is 13.8. The molecule has 1 aromatic heterocycles. The van der Waals surface area contributed by atoms with E-state index in [1.807, 2.05) is 30.5 Å². The van der Waals surface area contributed by atoms with Crippen molar-refractivity contribution in [1.29, 1.82) is 0 Å². The molecular formula is C17H20N2O3S3. The van der Waals surface area contributed by atoms with Gasteiger partial charge in [0.25, 0.3) is 10.0 Å². The summed E-state index contributed by atoms with van der Waals surface area (Å²) in [7, 11) is -3.63. The predicted molar refractivity (Wildman–Crippen MR) is 103 cm³/mol. The molecule has 0 radical (unpaired) electrons. The molecule has 0 spiro atoms. The molecule has 5 nitrogen and oxygen atoms in total. The van der Waals surface area contributed by atoms with E-state index in [4.69, 9.17) is 0 Å². The molecule has 1 atom stereocenters. The summed E-state index contributed by atoms with van der Waals surface area (Å²) in [6, 6.07) is 10.2. The van der Waals surface area contributed by atoms with Crippen LogP contribution in [0, 0.1) is 0 Å². The van der Waals surface area contributed by atoms with E-state index in [0.717, 1.165) is 17.7 Å². The second-order valence-electron chi connectivity index (χ2n) is 5.78. The summed E-state index contributed by atoms with van der Waals surface area (Å²) >= 11 is 2.81. The molecule has 1 aliphatic rings. The first-order chi connectivity index (χ1) is 12.0. The molecule has 1 aromatic carbocycles. The monoisotopic (exact) mass is 396 g/mol. The first-order valence-electron chi connectivity index (χ1n) is 8.02. The minimum Gasteiger partial charge on any atom is -0.325 e. The standard InChI is InChI=1S/C17H20N2O3S3/c1-23-14-9-7-13(8-10-14)18-17(20)15-5-2-3-11-19(15)25(21,22)16-6-4-12-24-16/h4,6-10,12,15H,2-3,5,11H2,1H3,(H,18,20). The zero-order valence-corrected chi connectivity index (χ0v) is 16.3. The topological polar surface area (TPSA) is 66.5 Å². The quantitative estimate of drug-likeness (QED) is 0.784. The maximum Gasteiger partial charge on any atom is 0.253 e. The Kier molecular flexibility index (Phi) is 5.83. The van der Waals surface area contributed by atoms with Crippen molar-refractivity contribution in [3.05, 3.63) is 41.8 Å². The Morgan fingerprint density at radius 2 is 2.00 bits per heavy atom. The van der Waals surface area contributed by atoms with Gasteiger partial charge in [-0.15, -0.1) is 23.1 Å². The molecule has 134 valence electrons. The number of rotatable bonds is 5. The van der Waals surface area contributed by atoms with Gasteiger partial charge in [-0.25, -0.2) is 8.42 Å². The van der Waals surface area contributed by atoms with Gasteiger partial charge in [-0.3, -0.25) is 4.79 Å². The van der Waals surface area contributed by atoms with Crippen LogP contribution in [0.3, 0.4) is 0 Å². The summed E-state index contributed by atoms with van der Waals surface area (Å²) in [6.07, 6.45) is 4.15. The molecular weight excluding hydrogens is 376 g/mol. The number of piperidine rings is 1. The molecule has 1 saturated heterocycles. The van der Waals surface area contributed by atoms with Crippen LogP contribution in [0.25, 0.3) is 0 Å². The third-order valence-electron chi connectivity index (χ3n) is 4.17. The Morgan fingerprint density at radius 3 is 2.64 bits per heavy atom. The van der Waals surface area contributed by atoms with Gasteiger partial charge in [0.2, 0.25) is 5.91 Å². The highest BCUT2D eigenvalue weighted by Gasteiger charge is 2.38. The van der Waals surface area contributed by atoms with E-state index in [-0.39, 0.29) is 10.1 Å². The van der Waals surface area contributed by atoms with Gasteiger partial charge in [0.05, 0.1) is 0 Å². The molecule has 25 heavy (non-hydrogen) atoms. The SMILES string of the molecule is CSc1ccc(NC(=O)C2CCCCN2S(=O)(=O)c2cccs2)cc1. The van der Waals surface area contributed by atoms with Crippen LogP contribution in [0.1, 0.15) is 19.3 Å². The normalized spacial score (nSPS) is 18.8. The van der Waals surface area contributed by atoms with Gasteiger partial charge in [0, 0.05) is 17.1 Å². The van der Waals surface area contributed by atoms with E-state index in [2.05, 4.69) is 5.32 Å². The van der Waals surface area contributed by atoms with Gasteiger partial charge in [0.15, 0.2) is 0 Å². The summed E-state index contributed by atoms with van der Waals surface area (Å²) in [6.45, 7) is 0.379. The summed E-state index contributed by atoms with van der Waals surface area (Å²) in [5.74, 6) is -0.267. The first-order valence-corrected chi connectivity index (χ1v) is 11.6. The summed E-state index contributed by atoms with van der Waals surface area (Å²) in [5.41, 5.74) is 0.682. The number of hydrogen-bond acceptors (Lipinski definition) is 5. The number of benzene rings is 1. The molecule has 3 rings (SSSR count). The minimum absolute atomic E-state index is 0.267. The molecule has 8 heteroatoms. The minimum atomic E-state index is -3.63. The van der Waals surface area contributed by atoms with Gasteiger partial charge >= 0.3 is 0 Å². The lowest BCUT2D eigenvalue weighted by Gasteiger charge is -2.33. The van der Waals surface area contributed by atoms with Crippen molar-refractivity contribution in [3.8, 4) is 0 Å². The number of amides is 1. The van der Waals surface area contributed by atoms with Crippen LogP contribution in [0.4, 0.5) is 5.69 Å². The van der Waals surface area contributed by atoms with Crippen molar-refractivity contribution < 1.29 is 13.2 Å². The highest BCUT2D eigenvalue weighted by molar-refractivity contribution is 7.98. The van der Waals surface area contributed by atoms with Crippen molar-refractivity contribution in [2.75, 3.05) is 18.1 Å². The number of thioether (sulfide) groups is 1. The molecule has 0 bridgehead atoms. The van der Waals surface area contributed by atoms with Crippen molar-refractivity contribution in [3.63, 3.8) is 0 Å². The van der Waals surface area contributed by atoms with Crippen LogP contribution >= 0.6 is 23.1 Å². The van der Waals surface area contributed by atoms with Crippen molar-refractivity contribution in [1.82, 2.24) is 4.31 Å². The highest BCUT2D eigenvalue weighted by Crippen LogP contribution is 2.28. The number of anilines is 1. The van der Waals surface area contributed by atoms with Gasteiger partial charge < -0.3 is 5.32 Å². The average Bonchev–Trinajstić information content (AvgIpc) is 3.18. The maximum atomic E-state index is 12.9. The Hall–Kier alpha value is -1.35. The third kappa shape index (κ3) is 4.08. The van der Waals surface area contributed by atoms with E-state index < -0.39 is 16.1 Å². The Balaban J connectivity index is 1.79. The molecule has 0 saturated carbocycles. The second kappa shape index (κ2) is 7.90. The number of nitrogens with one attached hydrogen (secondary N) is 1. The smallest absolute Gasteiger partial charge is 0.253 e. The molecule has 2 heterocycles. The van der Waals surface area contributed by atoms with Crippen LogP contribution in [-0.4, -0.2) is 37.5 Å². The summed E-state index contributed by atoms with van der Waals surface area (Å²) in [4.78, 5) is 13.8. The summed E-state index contributed by atoms with van der Waals surface area (Å²) in [5, 5.41) is 4.59. The Morgan fingerprint density at radius 1 is 1.24 bits per heavy atom. The summed E-state index contributed by atoms with van der Waals surface area (Å²) < 4.78 is 27.3.